The fraction of sp³-hybridized carbons (Fsp3) is 1.00. The Morgan fingerprint density at radius 3 is 2.75 bits per heavy atom. The fourth-order valence-corrected chi connectivity index (χ4v) is 0.967. The summed E-state index contributed by atoms with van der Waals surface area (Å²) in [6.45, 7) is 1.69. The van der Waals surface area contributed by atoms with Crippen molar-refractivity contribution in [2.24, 2.45) is 0 Å². The second-order valence-electron chi connectivity index (χ2n) is 2.26. The Morgan fingerprint density at radius 2 is 2.50 bits per heavy atom. The van der Waals surface area contributed by atoms with E-state index in [0.29, 0.717) is 0 Å². The van der Waals surface area contributed by atoms with E-state index in [4.69, 9.17) is 0 Å². The summed E-state index contributed by atoms with van der Waals surface area (Å²) < 4.78 is 11.3. The number of likely N-dealkylation sites (N-methyl/N-ethyl adjacent to an activating group) is 1. The molecule has 3 heteroatoms. The maximum Gasteiger partial charge on any atom is 0.112 e. The van der Waals surface area contributed by atoms with Gasteiger partial charge in [-0.2, -0.15) is 4.94 Å². The summed E-state index contributed by atoms with van der Waals surface area (Å²) in [4.78, 5) is 5.69. The van der Waals surface area contributed by atoms with E-state index >= 15 is 0 Å². The summed E-state index contributed by atoms with van der Waals surface area (Å²) in [5.74, 6) is 0. The predicted octanol–water partition coefficient (Wildman–Crippen LogP) is 0.592. The summed E-state index contributed by atoms with van der Waals surface area (Å²) in [5.41, 5.74) is 0. The largest absolute Gasteiger partial charge is 0.304 e. The second-order valence-corrected chi connectivity index (χ2v) is 2.26. The highest BCUT2D eigenvalue weighted by molar-refractivity contribution is 4.71. The van der Waals surface area contributed by atoms with Crippen LogP contribution in [-0.4, -0.2) is 31.1 Å². The average Bonchev–Trinajstić information content (AvgIpc) is 2.14. The zero-order valence-electron chi connectivity index (χ0n) is 4.93. The topological polar surface area (TPSA) is 12.5 Å². The van der Waals surface area contributed by atoms with E-state index in [1.54, 1.807) is 0 Å². The van der Waals surface area contributed by atoms with Crippen molar-refractivity contribution in [1.82, 2.24) is 4.90 Å². The first-order valence-corrected chi connectivity index (χ1v) is 2.79. The van der Waals surface area contributed by atoms with Gasteiger partial charge in [0.15, 0.2) is 0 Å². The van der Waals surface area contributed by atoms with Crippen molar-refractivity contribution in [3.05, 3.63) is 0 Å². The molecule has 1 aliphatic rings. The van der Waals surface area contributed by atoms with Crippen LogP contribution in [0.25, 0.3) is 0 Å². The van der Waals surface area contributed by atoms with Crippen LogP contribution in [0.5, 0.6) is 0 Å². The molecule has 0 aromatic rings. The molecular weight excluding hydrogens is 109 g/mol. The summed E-state index contributed by atoms with van der Waals surface area (Å²) in [6.07, 6.45) is 0.660. The third kappa shape index (κ3) is 1.17. The smallest absolute Gasteiger partial charge is 0.112 e. The molecule has 0 aromatic carbocycles. The average molecular weight is 119 g/mol. The van der Waals surface area contributed by atoms with Gasteiger partial charge in [-0.15, -0.1) is 0 Å². The molecule has 1 atom stereocenters. The molecule has 0 aliphatic carbocycles. The zero-order valence-corrected chi connectivity index (χ0v) is 4.93. The van der Waals surface area contributed by atoms with Gasteiger partial charge in [0.05, 0.1) is 0 Å². The van der Waals surface area contributed by atoms with E-state index in [9.17, 15) is 4.53 Å². The van der Waals surface area contributed by atoms with E-state index in [2.05, 4.69) is 4.94 Å². The fourth-order valence-electron chi connectivity index (χ4n) is 0.967. The zero-order chi connectivity index (χ0) is 5.98. The molecule has 1 unspecified atom stereocenters. The van der Waals surface area contributed by atoms with Crippen molar-refractivity contribution in [2.45, 2.75) is 12.5 Å². The lowest BCUT2D eigenvalue weighted by Crippen LogP contribution is -2.16. The van der Waals surface area contributed by atoms with Crippen molar-refractivity contribution in [2.75, 3.05) is 20.1 Å². The summed E-state index contributed by atoms with van der Waals surface area (Å²) >= 11 is 0. The van der Waals surface area contributed by atoms with E-state index < -0.39 is 0 Å². The second kappa shape index (κ2) is 2.42. The lowest BCUT2D eigenvalue weighted by atomic mass is 10.3. The molecule has 0 saturated carbocycles. The molecule has 0 N–H and O–H groups in total. The van der Waals surface area contributed by atoms with Gasteiger partial charge in [0.1, 0.15) is 6.10 Å². The third-order valence-electron chi connectivity index (χ3n) is 1.47. The Hall–Kier alpha value is -0.150. The first kappa shape index (κ1) is 5.98. The number of nitrogens with zero attached hydrogens (tertiary/aromatic N) is 1. The Balaban J connectivity index is 2.22. The normalized spacial score (nSPS) is 31.5. The minimum absolute atomic E-state index is 0.167. The lowest BCUT2D eigenvalue weighted by molar-refractivity contribution is -0.173. The molecule has 8 heavy (non-hydrogen) atoms. The SMILES string of the molecule is CN1CCC(OF)C1. The van der Waals surface area contributed by atoms with Crippen molar-refractivity contribution >= 4 is 0 Å². The lowest BCUT2D eigenvalue weighted by Gasteiger charge is -2.03. The van der Waals surface area contributed by atoms with E-state index in [0.717, 1.165) is 19.5 Å². The van der Waals surface area contributed by atoms with Gasteiger partial charge in [0.2, 0.25) is 0 Å². The molecular formula is C5H10FNO. The van der Waals surface area contributed by atoms with Crippen LogP contribution in [0.15, 0.2) is 0 Å². The van der Waals surface area contributed by atoms with Gasteiger partial charge in [-0.3, -0.25) is 0 Å². The minimum atomic E-state index is -0.167. The van der Waals surface area contributed by atoms with Crippen molar-refractivity contribution in [3.8, 4) is 0 Å². The standard InChI is InChI=1S/C5H10FNO/c1-7-3-2-5(4-7)8-6/h5H,2-4H2,1H3. The van der Waals surface area contributed by atoms with Gasteiger partial charge in [0.25, 0.3) is 0 Å². The molecule has 1 aliphatic heterocycles. The highest BCUT2D eigenvalue weighted by Crippen LogP contribution is 2.09. The van der Waals surface area contributed by atoms with Crippen LogP contribution in [0.2, 0.25) is 0 Å². The first-order valence-electron chi connectivity index (χ1n) is 2.79. The molecule has 48 valence electrons. The van der Waals surface area contributed by atoms with Gasteiger partial charge in [-0.25, -0.2) is 0 Å². The monoisotopic (exact) mass is 119 g/mol. The molecule has 0 spiro atoms. The van der Waals surface area contributed by atoms with Gasteiger partial charge < -0.3 is 4.90 Å². The van der Waals surface area contributed by atoms with Crippen LogP contribution in [0.1, 0.15) is 6.42 Å². The molecule has 1 rings (SSSR count). The molecule has 0 radical (unpaired) electrons. The molecule has 2 nitrogen and oxygen atoms in total. The van der Waals surface area contributed by atoms with Crippen LogP contribution < -0.4 is 0 Å². The third-order valence-corrected chi connectivity index (χ3v) is 1.47. The maximum atomic E-state index is 11.3. The Bertz CT molecular complexity index is 78.8. The highest BCUT2D eigenvalue weighted by atomic mass is 19.3. The van der Waals surface area contributed by atoms with Gasteiger partial charge in [0, 0.05) is 13.1 Å². The van der Waals surface area contributed by atoms with Crippen molar-refractivity contribution < 1.29 is 9.47 Å². The first-order chi connectivity index (χ1) is 3.83. The van der Waals surface area contributed by atoms with E-state index in [-0.39, 0.29) is 6.10 Å². The van der Waals surface area contributed by atoms with Gasteiger partial charge >= 0.3 is 0 Å². The van der Waals surface area contributed by atoms with E-state index in [1.807, 2.05) is 11.9 Å². The Kier molecular flexibility index (Phi) is 1.81. The van der Waals surface area contributed by atoms with Crippen LogP contribution in [0.4, 0.5) is 4.53 Å². The number of hydrogen-bond donors (Lipinski definition) is 0. The minimum Gasteiger partial charge on any atom is -0.304 e. The molecule has 0 amide bonds. The summed E-state index contributed by atoms with van der Waals surface area (Å²) in [5, 5.41) is 0. The van der Waals surface area contributed by atoms with Crippen LogP contribution >= 0.6 is 0 Å². The van der Waals surface area contributed by atoms with Crippen molar-refractivity contribution in [3.63, 3.8) is 0 Å². The van der Waals surface area contributed by atoms with Gasteiger partial charge in [-0.1, -0.05) is 0 Å². The van der Waals surface area contributed by atoms with E-state index in [1.165, 1.54) is 0 Å². The van der Waals surface area contributed by atoms with Crippen molar-refractivity contribution in [1.29, 1.82) is 0 Å². The quantitative estimate of drug-likeness (QED) is 0.501. The molecule has 1 saturated heterocycles. The number of likely N-dealkylation sites (tertiary alicyclic amines) is 1. The Morgan fingerprint density at radius 1 is 1.75 bits per heavy atom. The number of rotatable bonds is 1. The molecule has 0 aromatic heterocycles. The number of halogens is 1. The molecule has 0 bridgehead atoms. The molecule has 1 fully saturated rings. The molecule has 1 heterocycles. The van der Waals surface area contributed by atoms with Crippen LogP contribution in [0, 0.1) is 0 Å². The van der Waals surface area contributed by atoms with Gasteiger partial charge in [-0.05, 0) is 18.0 Å². The Labute approximate surface area is 48.1 Å². The summed E-state index contributed by atoms with van der Waals surface area (Å²) in [7, 11) is 1.96. The van der Waals surface area contributed by atoms with Crippen LogP contribution in [0.3, 0.4) is 0 Å². The predicted molar refractivity (Wildman–Crippen MR) is 28.1 cm³/mol. The summed E-state index contributed by atoms with van der Waals surface area (Å²) in [6, 6.07) is 0. The van der Waals surface area contributed by atoms with Crippen LogP contribution in [-0.2, 0) is 4.94 Å². The number of hydrogen-bond acceptors (Lipinski definition) is 2. The highest BCUT2D eigenvalue weighted by Gasteiger charge is 2.19. The maximum absolute atomic E-state index is 11.3.